The standard InChI is InChI=1S/C41H42N4O6S/c42-35-10-3-4-11-36(35)44-39(48)13-7-12-38(47)43-25-32-8-1-2-9-34(32)29-19-21-31(22-20-29)41-50-33(27-52-40-14-5-6-23-45(40)49)24-37(51-41)30-17-15-28(26-46)16-18-30/h1-6,8-11,14-23,33,37,41,46H,7,12-13,24-27,42H2,(H,43,47)(H,44,48). The van der Waals surface area contributed by atoms with Gasteiger partial charge < -0.3 is 36.2 Å². The summed E-state index contributed by atoms with van der Waals surface area (Å²) >= 11 is 1.45. The molecule has 3 unspecified atom stereocenters. The number of carbonyl (C=O) groups excluding carboxylic acids is 2. The Kier molecular flexibility index (Phi) is 12.5. The number of nitrogens with two attached hydrogens (primary N) is 1. The van der Waals surface area contributed by atoms with Crippen LogP contribution in [-0.4, -0.2) is 28.8 Å². The van der Waals surface area contributed by atoms with Crippen molar-refractivity contribution in [2.75, 3.05) is 16.8 Å². The quantitative estimate of drug-likeness (QED) is 0.0423. The summed E-state index contributed by atoms with van der Waals surface area (Å²) in [5, 5.41) is 28.2. The molecule has 5 aromatic rings. The lowest BCUT2D eigenvalue weighted by Gasteiger charge is -2.36. The van der Waals surface area contributed by atoms with E-state index in [2.05, 4.69) is 10.6 Å². The zero-order chi connectivity index (χ0) is 36.3. The Balaban J connectivity index is 1.08. The third-order valence-electron chi connectivity index (χ3n) is 8.85. The largest absolute Gasteiger partial charge is 0.618 e. The second-order valence-corrected chi connectivity index (χ2v) is 13.6. The van der Waals surface area contributed by atoms with Crippen LogP contribution < -0.4 is 21.1 Å². The van der Waals surface area contributed by atoms with Crippen LogP contribution >= 0.6 is 11.8 Å². The molecule has 0 radical (unpaired) electrons. The van der Waals surface area contributed by atoms with E-state index in [1.165, 1.54) is 18.0 Å². The number of nitrogens with zero attached hydrogens (tertiary/aromatic N) is 1. The molecule has 268 valence electrons. The Morgan fingerprint density at radius 2 is 1.56 bits per heavy atom. The first-order valence-corrected chi connectivity index (χ1v) is 18.3. The number of para-hydroxylation sites is 2. The van der Waals surface area contributed by atoms with E-state index in [1.807, 2.05) is 78.9 Å². The maximum Gasteiger partial charge on any atom is 0.251 e. The Morgan fingerprint density at radius 3 is 2.33 bits per heavy atom. The van der Waals surface area contributed by atoms with E-state index in [-0.39, 0.29) is 43.5 Å². The summed E-state index contributed by atoms with van der Waals surface area (Å²) in [5.41, 5.74) is 12.6. The van der Waals surface area contributed by atoms with Crippen molar-refractivity contribution in [1.29, 1.82) is 0 Å². The van der Waals surface area contributed by atoms with Gasteiger partial charge in [-0.25, -0.2) is 0 Å². The molecule has 3 atom stereocenters. The molecular weight excluding hydrogens is 677 g/mol. The molecule has 1 saturated heterocycles. The van der Waals surface area contributed by atoms with Crippen LogP contribution in [-0.2, 0) is 32.2 Å². The molecule has 2 heterocycles. The van der Waals surface area contributed by atoms with Crippen LogP contribution in [0.4, 0.5) is 11.4 Å². The van der Waals surface area contributed by atoms with Crippen molar-refractivity contribution in [3.8, 4) is 11.1 Å². The van der Waals surface area contributed by atoms with E-state index in [9.17, 15) is 19.9 Å². The zero-order valence-electron chi connectivity index (χ0n) is 28.7. The highest BCUT2D eigenvalue weighted by atomic mass is 32.2. The fourth-order valence-corrected chi connectivity index (χ4v) is 6.95. The van der Waals surface area contributed by atoms with Crippen molar-refractivity contribution < 1.29 is 28.9 Å². The first-order valence-electron chi connectivity index (χ1n) is 17.3. The van der Waals surface area contributed by atoms with Gasteiger partial charge in [0.2, 0.25) is 11.8 Å². The number of pyridine rings is 1. The second-order valence-electron chi connectivity index (χ2n) is 12.6. The molecule has 0 bridgehead atoms. The van der Waals surface area contributed by atoms with Crippen LogP contribution in [0.3, 0.4) is 0 Å². The number of nitrogens with one attached hydrogen (secondary N) is 2. The molecule has 10 nitrogen and oxygen atoms in total. The number of hydrogen-bond donors (Lipinski definition) is 4. The SMILES string of the molecule is Nc1ccccc1NC(=O)CCCC(=O)NCc1ccccc1-c1ccc(C2OC(CSc3cccc[n+]3[O-])CC(c3ccc(CO)cc3)O2)cc1. The van der Waals surface area contributed by atoms with Crippen LogP contribution in [0, 0.1) is 5.21 Å². The Morgan fingerprint density at radius 1 is 0.846 bits per heavy atom. The Hall–Kier alpha value is -5.20. The maximum atomic E-state index is 12.7. The molecule has 1 aliphatic heterocycles. The van der Waals surface area contributed by atoms with E-state index in [4.69, 9.17) is 15.2 Å². The number of anilines is 2. The number of aromatic nitrogens is 1. The lowest BCUT2D eigenvalue weighted by atomic mass is 9.97. The molecular formula is C41H42N4O6S. The van der Waals surface area contributed by atoms with Crippen LogP contribution in [0.1, 0.15) is 60.3 Å². The fraction of sp³-hybridized carbons (Fsp3) is 0.244. The summed E-state index contributed by atoms with van der Waals surface area (Å²) in [6, 6.07) is 36.1. The number of carbonyl (C=O) groups is 2. The third-order valence-corrected chi connectivity index (χ3v) is 10.0. The summed E-state index contributed by atoms with van der Waals surface area (Å²) in [7, 11) is 0. The van der Waals surface area contributed by atoms with Gasteiger partial charge in [0.15, 0.2) is 12.5 Å². The molecule has 0 aliphatic carbocycles. The van der Waals surface area contributed by atoms with E-state index < -0.39 is 6.29 Å². The lowest BCUT2D eigenvalue weighted by Crippen LogP contribution is -2.32. The summed E-state index contributed by atoms with van der Waals surface area (Å²) in [4.78, 5) is 25.0. The van der Waals surface area contributed by atoms with E-state index in [1.54, 1.807) is 36.4 Å². The molecule has 11 heteroatoms. The van der Waals surface area contributed by atoms with Crippen molar-refractivity contribution in [3.05, 3.63) is 149 Å². The second kappa shape index (κ2) is 17.8. The summed E-state index contributed by atoms with van der Waals surface area (Å²) in [5.74, 6) is 0.258. The predicted octanol–water partition coefficient (Wildman–Crippen LogP) is 6.82. The number of amides is 2. The normalized spacial score (nSPS) is 17.0. The molecule has 0 spiro atoms. The monoisotopic (exact) mass is 718 g/mol. The third kappa shape index (κ3) is 9.77. The number of aliphatic hydroxyl groups is 1. The molecule has 4 aromatic carbocycles. The number of hydrogen-bond acceptors (Lipinski definition) is 8. The first-order chi connectivity index (χ1) is 25.4. The van der Waals surface area contributed by atoms with Crippen LogP contribution in [0.5, 0.6) is 0 Å². The molecule has 52 heavy (non-hydrogen) atoms. The van der Waals surface area contributed by atoms with E-state index in [0.717, 1.165) is 38.1 Å². The number of rotatable bonds is 14. The first kappa shape index (κ1) is 36.6. The van der Waals surface area contributed by atoms with E-state index in [0.29, 0.717) is 41.5 Å². The topological polar surface area (TPSA) is 150 Å². The van der Waals surface area contributed by atoms with Gasteiger partial charge in [-0.3, -0.25) is 9.59 Å². The zero-order valence-corrected chi connectivity index (χ0v) is 29.5. The number of benzene rings is 4. The van der Waals surface area contributed by atoms with Gasteiger partial charge in [-0.2, -0.15) is 4.73 Å². The van der Waals surface area contributed by atoms with Gasteiger partial charge in [-0.05, 0) is 52.4 Å². The van der Waals surface area contributed by atoms with Gasteiger partial charge in [0.1, 0.15) is 0 Å². The highest BCUT2D eigenvalue weighted by molar-refractivity contribution is 7.99. The van der Waals surface area contributed by atoms with Gasteiger partial charge in [0.25, 0.3) is 5.03 Å². The highest BCUT2D eigenvalue weighted by Gasteiger charge is 2.32. The van der Waals surface area contributed by atoms with Crippen LogP contribution in [0.2, 0.25) is 0 Å². The molecule has 1 fully saturated rings. The Bertz CT molecular complexity index is 1960. The molecule has 5 N–H and O–H groups in total. The van der Waals surface area contributed by atoms with Gasteiger partial charge in [-0.1, -0.05) is 96.7 Å². The maximum absolute atomic E-state index is 12.7. The molecule has 1 aliphatic rings. The van der Waals surface area contributed by atoms with Gasteiger partial charge in [0, 0.05) is 49.3 Å². The van der Waals surface area contributed by atoms with Crippen molar-refractivity contribution >= 4 is 35.0 Å². The van der Waals surface area contributed by atoms with Crippen molar-refractivity contribution in [2.24, 2.45) is 0 Å². The van der Waals surface area contributed by atoms with Crippen LogP contribution in [0.25, 0.3) is 11.1 Å². The van der Waals surface area contributed by atoms with Crippen molar-refractivity contribution in [3.63, 3.8) is 0 Å². The minimum Gasteiger partial charge on any atom is -0.618 e. The van der Waals surface area contributed by atoms with Crippen LogP contribution in [0.15, 0.2) is 126 Å². The molecule has 2 amide bonds. The fourth-order valence-electron chi connectivity index (χ4n) is 6.02. The number of thioether (sulfide) groups is 1. The predicted molar refractivity (Wildman–Crippen MR) is 202 cm³/mol. The van der Waals surface area contributed by atoms with Gasteiger partial charge >= 0.3 is 0 Å². The molecule has 6 rings (SSSR count). The van der Waals surface area contributed by atoms with E-state index >= 15 is 0 Å². The molecule has 0 saturated carbocycles. The average molecular weight is 719 g/mol. The van der Waals surface area contributed by atoms with Gasteiger partial charge in [-0.15, -0.1) is 0 Å². The smallest absolute Gasteiger partial charge is 0.251 e. The summed E-state index contributed by atoms with van der Waals surface area (Å²) < 4.78 is 13.9. The molecule has 1 aromatic heterocycles. The van der Waals surface area contributed by atoms with Crippen molar-refractivity contribution in [1.82, 2.24) is 5.32 Å². The number of ether oxygens (including phenoxy) is 2. The highest BCUT2D eigenvalue weighted by Crippen LogP contribution is 2.40. The minimum atomic E-state index is -0.632. The van der Waals surface area contributed by atoms with Crippen molar-refractivity contribution in [2.45, 2.75) is 62.4 Å². The number of nitrogen functional groups attached to an aromatic ring is 1. The minimum absolute atomic E-state index is 0.0306. The summed E-state index contributed by atoms with van der Waals surface area (Å²) in [6.45, 7) is 0.316. The van der Waals surface area contributed by atoms with Gasteiger partial charge in [0.05, 0.1) is 30.2 Å². The Labute approximate surface area is 307 Å². The number of aliphatic hydroxyl groups excluding tert-OH is 1. The lowest BCUT2D eigenvalue weighted by molar-refractivity contribution is -0.645. The average Bonchev–Trinajstić information content (AvgIpc) is 3.18. The summed E-state index contributed by atoms with van der Waals surface area (Å²) in [6.07, 6.45) is 1.89.